The molecule has 2 heterocycles. The van der Waals surface area contributed by atoms with Crippen LogP contribution in [0.25, 0.3) is 0 Å². The first-order valence-corrected chi connectivity index (χ1v) is 7.98. The SMILES string of the molecule is Cn1cccc1Cc1nnc(SCc2ccc(F)cc2)n1C. The number of halogens is 1. The fraction of sp³-hybridized carbons (Fsp3) is 0.250. The number of hydrogen-bond acceptors (Lipinski definition) is 3. The molecule has 0 spiro atoms. The molecule has 0 saturated heterocycles. The molecule has 0 atom stereocenters. The van der Waals surface area contributed by atoms with Gasteiger partial charge in [0.15, 0.2) is 5.16 Å². The van der Waals surface area contributed by atoms with E-state index in [-0.39, 0.29) is 5.82 Å². The van der Waals surface area contributed by atoms with E-state index in [2.05, 4.69) is 20.8 Å². The summed E-state index contributed by atoms with van der Waals surface area (Å²) in [5.41, 5.74) is 2.27. The normalized spacial score (nSPS) is 11.0. The topological polar surface area (TPSA) is 35.6 Å². The van der Waals surface area contributed by atoms with Gasteiger partial charge in [0, 0.05) is 38.2 Å². The number of nitrogens with zero attached hydrogens (tertiary/aromatic N) is 4. The molecule has 2 aromatic heterocycles. The van der Waals surface area contributed by atoms with Crippen molar-refractivity contribution in [1.82, 2.24) is 19.3 Å². The summed E-state index contributed by atoms with van der Waals surface area (Å²) in [6.07, 6.45) is 2.78. The molecule has 114 valence electrons. The smallest absolute Gasteiger partial charge is 0.191 e. The Morgan fingerprint density at radius 2 is 1.86 bits per heavy atom. The maximum Gasteiger partial charge on any atom is 0.191 e. The molecule has 0 aliphatic rings. The zero-order chi connectivity index (χ0) is 15.5. The molecule has 1 aromatic carbocycles. The first kappa shape index (κ1) is 14.8. The molecule has 22 heavy (non-hydrogen) atoms. The van der Waals surface area contributed by atoms with E-state index in [0.717, 1.165) is 28.7 Å². The van der Waals surface area contributed by atoms with Crippen LogP contribution in [0.1, 0.15) is 17.1 Å². The van der Waals surface area contributed by atoms with Gasteiger partial charge in [0.1, 0.15) is 11.6 Å². The number of hydrogen-bond donors (Lipinski definition) is 0. The van der Waals surface area contributed by atoms with Crippen LogP contribution < -0.4 is 0 Å². The van der Waals surface area contributed by atoms with E-state index in [1.807, 2.05) is 30.9 Å². The summed E-state index contributed by atoms with van der Waals surface area (Å²) in [6.45, 7) is 0. The lowest BCUT2D eigenvalue weighted by Gasteiger charge is -2.05. The van der Waals surface area contributed by atoms with Crippen molar-refractivity contribution in [3.05, 3.63) is 65.5 Å². The number of rotatable bonds is 5. The maximum atomic E-state index is 12.9. The molecule has 0 radical (unpaired) electrons. The highest BCUT2D eigenvalue weighted by Crippen LogP contribution is 2.22. The van der Waals surface area contributed by atoms with Crippen LogP contribution in [0, 0.1) is 5.82 Å². The minimum absolute atomic E-state index is 0.211. The molecule has 0 aliphatic carbocycles. The van der Waals surface area contributed by atoms with Crippen molar-refractivity contribution in [3.8, 4) is 0 Å². The van der Waals surface area contributed by atoms with Gasteiger partial charge in [-0.05, 0) is 29.8 Å². The lowest BCUT2D eigenvalue weighted by molar-refractivity contribution is 0.627. The molecule has 0 N–H and O–H groups in total. The Kier molecular flexibility index (Phi) is 4.29. The second kappa shape index (κ2) is 6.36. The second-order valence-corrected chi connectivity index (χ2v) is 6.10. The predicted molar refractivity (Wildman–Crippen MR) is 85.2 cm³/mol. The van der Waals surface area contributed by atoms with Crippen LogP contribution >= 0.6 is 11.8 Å². The van der Waals surface area contributed by atoms with Gasteiger partial charge in [-0.15, -0.1) is 10.2 Å². The minimum atomic E-state index is -0.211. The van der Waals surface area contributed by atoms with Crippen molar-refractivity contribution in [2.75, 3.05) is 0 Å². The Morgan fingerprint density at radius 1 is 1.09 bits per heavy atom. The zero-order valence-corrected chi connectivity index (χ0v) is 13.3. The third kappa shape index (κ3) is 3.22. The third-order valence-electron chi connectivity index (χ3n) is 3.60. The maximum absolute atomic E-state index is 12.9. The standard InChI is InChI=1S/C16H17FN4S/c1-20-9-3-4-14(20)10-15-18-19-16(21(15)2)22-11-12-5-7-13(17)8-6-12/h3-9H,10-11H2,1-2H3. The molecular weight excluding hydrogens is 299 g/mol. The van der Waals surface area contributed by atoms with Crippen molar-refractivity contribution >= 4 is 11.8 Å². The number of thioether (sulfide) groups is 1. The summed E-state index contributed by atoms with van der Waals surface area (Å²) in [4.78, 5) is 0. The van der Waals surface area contributed by atoms with E-state index >= 15 is 0 Å². The highest BCUT2D eigenvalue weighted by molar-refractivity contribution is 7.98. The van der Waals surface area contributed by atoms with Crippen molar-refractivity contribution in [2.45, 2.75) is 17.3 Å². The average molecular weight is 316 g/mol. The van der Waals surface area contributed by atoms with Gasteiger partial charge in [-0.1, -0.05) is 23.9 Å². The second-order valence-electron chi connectivity index (χ2n) is 5.16. The first-order valence-electron chi connectivity index (χ1n) is 6.99. The lowest BCUT2D eigenvalue weighted by Crippen LogP contribution is -2.03. The van der Waals surface area contributed by atoms with Crippen LogP contribution in [0.15, 0.2) is 47.8 Å². The van der Waals surface area contributed by atoms with Crippen molar-refractivity contribution in [2.24, 2.45) is 14.1 Å². The molecule has 0 aliphatic heterocycles. The average Bonchev–Trinajstić information content (AvgIpc) is 3.07. The number of benzene rings is 1. The van der Waals surface area contributed by atoms with E-state index in [0.29, 0.717) is 0 Å². The van der Waals surface area contributed by atoms with Crippen molar-refractivity contribution in [1.29, 1.82) is 0 Å². The van der Waals surface area contributed by atoms with Gasteiger partial charge in [-0.3, -0.25) is 0 Å². The number of aryl methyl sites for hydroxylation is 1. The highest BCUT2D eigenvalue weighted by Gasteiger charge is 2.11. The Hall–Kier alpha value is -2.08. The molecule has 6 heteroatoms. The van der Waals surface area contributed by atoms with E-state index in [1.165, 1.54) is 17.8 Å². The van der Waals surface area contributed by atoms with E-state index in [1.54, 1.807) is 23.9 Å². The summed E-state index contributed by atoms with van der Waals surface area (Å²) in [6, 6.07) is 10.7. The monoisotopic (exact) mass is 316 g/mol. The summed E-state index contributed by atoms with van der Waals surface area (Å²) in [5.74, 6) is 1.47. The van der Waals surface area contributed by atoms with Crippen LogP contribution in [-0.2, 0) is 26.3 Å². The molecule has 0 saturated carbocycles. The van der Waals surface area contributed by atoms with E-state index in [9.17, 15) is 4.39 Å². The zero-order valence-electron chi connectivity index (χ0n) is 12.5. The van der Waals surface area contributed by atoms with Gasteiger partial charge in [-0.2, -0.15) is 0 Å². The first-order chi connectivity index (χ1) is 10.6. The molecule has 0 bridgehead atoms. The van der Waals surface area contributed by atoms with E-state index < -0.39 is 0 Å². The molecule has 0 unspecified atom stereocenters. The molecule has 3 aromatic rings. The van der Waals surface area contributed by atoms with Gasteiger partial charge in [-0.25, -0.2) is 4.39 Å². The van der Waals surface area contributed by atoms with Gasteiger partial charge >= 0.3 is 0 Å². The Bertz CT molecular complexity index is 761. The van der Waals surface area contributed by atoms with Crippen LogP contribution in [0.4, 0.5) is 4.39 Å². The number of aromatic nitrogens is 4. The van der Waals surface area contributed by atoms with E-state index in [4.69, 9.17) is 0 Å². The largest absolute Gasteiger partial charge is 0.354 e. The van der Waals surface area contributed by atoms with Crippen LogP contribution in [0.3, 0.4) is 0 Å². The van der Waals surface area contributed by atoms with Gasteiger partial charge in [0.05, 0.1) is 0 Å². The summed E-state index contributed by atoms with van der Waals surface area (Å²) in [5, 5.41) is 9.40. The quantitative estimate of drug-likeness (QED) is 0.678. The van der Waals surface area contributed by atoms with Gasteiger partial charge < -0.3 is 9.13 Å². The minimum Gasteiger partial charge on any atom is -0.354 e. The van der Waals surface area contributed by atoms with Crippen LogP contribution in [0.2, 0.25) is 0 Å². The molecular formula is C16H17FN4S. The lowest BCUT2D eigenvalue weighted by atomic mass is 10.2. The Labute approximate surface area is 133 Å². The fourth-order valence-electron chi connectivity index (χ4n) is 2.20. The third-order valence-corrected chi connectivity index (χ3v) is 4.69. The Balaban J connectivity index is 1.68. The van der Waals surface area contributed by atoms with Gasteiger partial charge in [0.25, 0.3) is 0 Å². The van der Waals surface area contributed by atoms with Crippen LogP contribution in [-0.4, -0.2) is 19.3 Å². The predicted octanol–water partition coefficient (Wildman–Crippen LogP) is 3.18. The molecule has 3 rings (SSSR count). The Morgan fingerprint density at radius 3 is 2.55 bits per heavy atom. The van der Waals surface area contributed by atoms with Gasteiger partial charge in [0.2, 0.25) is 0 Å². The van der Waals surface area contributed by atoms with Crippen molar-refractivity contribution in [3.63, 3.8) is 0 Å². The molecule has 0 fully saturated rings. The van der Waals surface area contributed by atoms with Crippen LogP contribution in [0.5, 0.6) is 0 Å². The summed E-state index contributed by atoms with van der Waals surface area (Å²) in [7, 11) is 4.00. The summed E-state index contributed by atoms with van der Waals surface area (Å²) < 4.78 is 17.0. The molecule has 0 amide bonds. The fourth-order valence-corrected chi connectivity index (χ4v) is 3.08. The summed E-state index contributed by atoms with van der Waals surface area (Å²) >= 11 is 1.60. The van der Waals surface area contributed by atoms with Crippen molar-refractivity contribution < 1.29 is 4.39 Å². The molecule has 4 nitrogen and oxygen atoms in total. The highest BCUT2D eigenvalue weighted by atomic mass is 32.2.